The second kappa shape index (κ2) is 17.7. The summed E-state index contributed by atoms with van der Waals surface area (Å²) in [5, 5.41) is 4.18. The number of para-hydroxylation sites is 1. The molecule has 2 aromatic heterocycles. The van der Waals surface area contributed by atoms with Crippen LogP contribution in [0.3, 0.4) is 0 Å². The van der Waals surface area contributed by atoms with Crippen LogP contribution >= 0.6 is 0 Å². The number of esters is 1. The molecule has 4 aromatic rings. The number of amides is 2. The maximum atomic E-state index is 13.6. The average Bonchev–Trinajstić information content (AvgIpc) is 3.47. The van der Waals surface area contributed by atoms with Crippen LogP contribution in [0.4, 0.5) is 10.6 Å². The van der Waals surface area contributed by atoms with Gasteiger partial charge in [0.2, 0.25) is 0 Å². The van der Waals surface area contributed by atoms with Gasteiger partial charge in [-0.3, -0.25) is 0 Å². The number of fused-ring (bicyclic) bond motifs is 3. The molecule has 258 valence electrons. The normalized spacial score (nSPS) is 13.5. The summed E-state index contributed by atoms with van der Waals surface area (Å²) in [5.41, 5.74) is 9.83. The molecule has 1 aliphatic heterocycles. The van der Waals surface area contributed by atoms with E-state index in [0.717, 1.165) is 66.8 Å². The van der Waals surface area contributed by atoms with Gasteiger partial charge in [0.15, 0.2) is 12.4 Å². The molecule has 3 heterocycles. The van der Waals surface area contributed by atoms with E-state index in [0.29, 0.717) is 56.4 Å². The number of ether oxygens (including phenoxy) is 3. The van der Waals surface area contributed by atoms with Gasteiger partial charge in [-0.05, 0) is 69.5 Å². The van der Waals surface area contributed by atoms with Crippen molar-refractivity contribution in [2.45, 2.75) is 58.5 Å². The summed E-state index contributed by atoms with van der Waals surface area (Å²) >= 11 is 0. The van der Waals surface area contributed by atoms with Crippen molar-refractivity contribution in [2.24, 2.45) is 0 Å². The molecule has 2 aromatic carbocycles. The van der Waals surface area contributed by atoms with Crippen molar-refractivity contribution in [3.63, 3.8) is 0 Å². The van der Waals surface area contributed by atoms with Crippen LogP contribution in [0.15, 0.2) is 48.5 Å². The topological polar surface area (TPSA) is 137 Å². The number of imidazole rings is 1. The number of nitrogens with one attached hydrogen (secondary N) is 1. The van der Waals surface area contributed by atoms with Crippen LogP contribution in [0.1, 0.15) is 50.4 Å². The van der Waals surface area contributed by atoms with Crippen molar-refractivity contribution >= 4 is 39.8 Å². The summed E-state index contributed by atoms with van der Waals surface area (Å²) in [7, 11) is 1.69. The molecule has 12 heteroatoms. The fourth-order valence-electron chi connectivity index (χ4n) is 6.23. The number of nitrogen functional groups attached to an aromatic ring is 1. The van der Waals surface area contributed by atoms with Gasteiger partial charge in [-0.15, -0.1) is 0 Å². The number of nitrogens with zero attached hydrogens (tertiary/aromatic N) is 5. The molecular weight excluding hydrogens is 610 g/mol. The lowest BCUT2D eigenvalue weighted by molar-refractivity contribution is -0.145. The summed E-state index contributed by atoms with van der Waals surface area (Å²) in [6.07, 6.45) is 5.97. The van der Waals surface area contributed by atoms with Crippen molar-refractivity contribution in [1.29, 1.82) is 0 Å². The second-order valence-electron chi connectivity index (χ2n) is 12.1. The Balaban J connectivity index is 1.21. The molecule has 0 spiro atoms. The zero-order valence-corrected chi connectivity index (χ0v) is 28.3. The van der Waals surface area contributed by atoms with Crippen LogP contribution in [-0.4, -0.2) is 96.0 Å². The van der Waals surface area contributed by atoms with E-state index in [4.69, 9.17) is 24.9 Å². The van der Waals surface area contributed by atoms with Crippen LogP contribution < -0.4 is 15.8 Å². The fourth-order valence-corrected chi connectivity index (χ4v) is 6.23. The van der Waals surface area contributed by atoms with Gasteiger partial charge in [0, 0.05) is 51.6 Å². The third kappa shape index (κ3) is 9.35. The third-order valence-electron chi connectivity index (χ3n) is 8.66. The first-order chi connectivity index (χ1) is 23.5. The lowest BCUT2D eigenvalue weighted by Gasteiger charge is -2.30. The Kier molecular flexibility index (Phi) is 12.8. The highest BCUT2D eigenvalue weighted by atomic mass is 16.6. The summed E-state index contributed by atoms with van der Waals surface area (Å²) in [4.78, 5) is 39.1. The maximum absolute atomic E-state index is 13.6. The fraction of sp³-hybridized carbons (Fsp3) is 0.500. The highest BCUT2D eigenvalue weighted by Crippen LogP contribution is 2.29. The number of aromatic nitrogens is 3. The number of pyridine rings is 1. The summed E-state index contributed by atoms with van der Waals surface area (Å²) in [5.74, 6) is 1.50. The van der Waals surface area contributed by atoms with E-state index >= 15 is 0 Å². The molecule has 48 heavy (non-hydrogen) atoms. The Bertz CT molecular complexity index is 1650. The number of nitrogens with two attached hydrogens (primary N) is 1. The molecule has 5 rings (SSSR count). The van der Waals surface area contributed by atoms with Gasteiger partial charge in [-0.2, -0.15) is 0 Å². The van der Waals surface area contributed by atoms with Crippen molar-refractivity contribution in [1.82, 2.24) is 29.7 Å². The first-order valence-corrected chi connectivity index (χ1v) is 17.1. The molecular formula is C36H49N7O5. The lowest BCUT2D eigenvalue weighted by Crippen LogP contribution is -2.44. The number of benzene rings is 2. The molecule has 12 nitrogen and oxygen atoms in total. The number of aryl methyl sites for hydroxylation is 1. The van der Waals surface area contributed by atoms with Gasteiger partial charge in [0.1, 0.15) is 17.1 Å². The Morgan fingerprint density at radius 3 is 2.67 bits per heavy atom. The molecule has 0 unspecified atom stereocenters. The monoisotopic (exact) mass is 659 g/mol. The van der Waals surface area contributed by atoms with E-state index in [1.165, 1.54) is 19.3 Å². The van der Waals surface area contributed by atoms with E-state index in [1.54, 1.807) is 20.1 Å². The van der Waals surface area contributed by atoms with Crippen LogP contribution in [0.5, 0.6) is 5.75 Å². The molecule has 0 aliphatic carbocycles. The number of hydrogen-bond donors (Lipinski definition) is 2. The van der Waals surface area contributed by atoms with Gasteiger partial charge in [-0.25, -0.2) is 19.6 Å². The Labute approximate surface area is 282 Å². The van der Waals surface area contributed by atoms with Crippen LogP contribution in [0.2, 0.25) is 0 Å². The number of rotatable bonds is 17. The minimum atomic E-state index is -0.410. The number of methoxy groups -OCH3 is 1. The third-order valence-corrected chi connectivity index (χ3v) is 8.66. The number of carbonyl (C=O) groups excluding carboxylic acids is 2. The van der Waals surface area contributed by atoms with E-state index in [9.17, 15) is 9.59 Å². The first-order valence-electron chi connectivity index (χ1n) is 17.1. The molecule has 3 N–H and O–H groups in total. The largest absolute Gasteiger partial charge is 0.482 e. The number of urea groups is 1. The highest BCUT2D eigenvalue weighted by molar-refractivity contribution is 6.06. The van der Waals surface area contributed by atoms with Crippen LogP contribution in [0, 0.1) is 0 Å². The minimum absolute atomic E-state index is 0.0939. The summed E-state index contributed by atoms with van der Waals surface area (Å²) < 4.78 is 18.2. The van der Waals surface area contributed by atoms with Crippen molar-refractivity contribution in [2.75, 3.05) is 65.4 Å². The molecule has 1 saturated heterocycles. The summed E-state index contributed by atoms with van der Waals surface area (Å²) in [6.45, 7) is 7.77. The number of hydrogen-bond acceptors (Lipinski definition) is 9. The molecule has 0 atom stereocenters. The van der Waals surface area contributed by atoms with Crippen molar-refractivity contribution in [3.8, 4) is 5.75 Å². The first kappa shape index (κ1) is 34.9. The van der Waals surface area contributed by atoms with E-state index < -0.39 is 5.97 Å². The number of carbonyl (C=O) groups is 2. The van der Waals surface area contributed by atoms with E-state index in [2.05, 4.69) is 25.8 Å². The Hall–Kier alpha value is -4.42. The number of likely N-dealkylation sites (tertiary alicyclic amines) is 1. The quantitative estimate of drug-likeness (QED) is 0.121. The predicted octanol–water partition coefficient (Wildman–Crippen LogP) is 4.78. The molecule has 0 saturated carbocycles. The van der Waals surface area contributed by atoms with Gasteiger partial charge < -0.3 is 39.6 Å². The Morgan fingerprint density at radius 1 is 1.02 bits per heavy atom. The molecule has 2 amide bonds. The van der Waals surface area contributed by atoms with E-state index in [-0.39, 0.29) is 12.6 Å². The zero-order chi connectivity index (χ0) is 33.7. The maximum Gasteiger partial charge on any atom is 0.344 e. The van der Waals surface area contributed by atoms with Gasteiger partial charge in [0.25, 0.3) is 0 Å². The number of piperidine rings is 1. The van der Waals surface area contributed by atoms with Gasteiger partial charge in [-0.1, -0.05) is 36.8 Å². The molecule has 0 bridgehead atoms. The van der Waals surface area contributed by atoms with Gasteiger partial charge in [0.05, 0.1) is 24.2 Å². The van der Waals surface area contributed by atoms with Crippen molar-refractivity contribution in [3.05, 3.63) is 59.9 Å². The zero-order valence-electron chi connectivity index (χ0n) is 28.3. The van der Waals surface area contributed by atoms with Crippen LogP contribution in [-0.2, 0) is 33.8 Å². The molecule has 1 aliphatic rings. The number of anilines is 1. The van der Waals surface area contributed by atoms with Gasteiger partial charge >= 0.3 is 12.0 Å². The molecule has 0 radical (unpaired) electrons. The molecule has 1 fully saturated rings. The Morgan fingerprint density at radius 2 is 1.85 bits per heavy atom. The summed E-state index contributed by atoms with van der Waals surface area (Å²) in [6, 6.07) is 15.4. The second-order valence-corrected chi connectivity index (χ2v) is 12.1. The van der Waals surface area contributed by atoms with E-state index in [1.807, 2.05) is 41.3 Å². The average molecular weight is 660 g/mol. The SMILES string of the molecule is CCOC(=O)COc1cccc(CN(CCN2CCCCC2)C(=O)NCCCCn2c(CCOC)nc3c(N)nc4ccccc4c32)c1. The smallest absolute Gasteiger partial charge is 0.344 e. The standard InChI is InChI=1S/C36H49N7O5/c1-3-47-32(44)26-48-28-13-11-12-27(24-28)25-42(22-21-41-18-8-4-9-19-41)36(45)38-17-7-10-20-43-31(16-23-46-2)40-33-34(43)29-14-5-6-15-30(29)39-35(33)37/h5-6,11-15,24H,3-4,7-10,16-23,25-26H2,1-2H3,(H2,37,39)(H,38,45). The predicted molar refractivity (Wildman–Crippen MR) is 187 cm³/mol. The highest BCUT2D eigenvalue weighted by Gasteiger charge is 2.19. The van der Waals surface area contributed by atoms with Crippen molar-refractivity contribution < 1.29 is 23.8 Å². The van der Waals surface area contributed by atoms with Crippen LogP contribution in [0.25, 0.3) is 21.9 Å². The lowest BCUT2D eigenvalue weighted by atomic mass is 10.1. The number of unbranched alkanes of at least 4 members (excludes halogenated alkanes) is 1. The minimum Gasteiger partial charge on any atom is -0.482 e.